The number of hydrogen-bond donors (Lipinski definition) is 1. The highest BCUT2D eigenvalue weighted by Gasteiger charge is 2.26. The van der Waals surface area contributed by atoms with Gasteiger partial charge in [-0.3, -0.25) is 14.5 Å². The van der Waals surface area contributed by atoms with Gasteiger partial charge in [0.05, 0.1) is 34.8 Å². The first kappa shape index (κ1) is 18.0. The molecule has 1 heterocycles. The van der Waals surface area contributed by atoms with Crippen LogP contribution in [0.4, 0.5) is 5.69 Å². The van der Waals surface area contributed by atoms with E-state index < -0.39 is 0 Å². The Hall–Kier alpha value is -1.30. The molecule has 1 amide bonds. The molecule has 1 fully saturated rings. The number of piperidine rings is 1. The number of hydrogen-bond acceptors (Lipinski definition) is 4. The molecule has 5 nitrogen and oxygen atoms in total. The highest BCUT2D eigenvalue weighted by molar-refractivity contribution is 6.39. The number of rotatable bonds is 5. The Balaban J connectivity index is 1.82. The maximum absolute atomic E-state index is 12.1. The molecule has 1 aromatic rings. The molecule has 1 aromatic carbocycles. The highest BCUT2D eigenvalue weighted by atomic mass is 35.5. The molecule has 1 N–H and O–H groups in total. The maximum Gasteiger partial charge on any atom is 0.309 e. The predicted octanol–water partition coefficient (Wildman–Crippen LogP) is 3.21. The average molecular weight is 359 g/mol. The number of nitrogens with one attached hydrogen (secondary N) is 1. The summed E-state index contributed by atoms with van der Waals surface area (Å²) in [4.78, 5) is 25.8. The van der Waals surface area contributed by atoms with Crippen molar-refractivity contribution in [3.63, 3.8) is 0 Å². The minimum Gasteiger partial charge on any atom is -0.466 e. The normalized spacial score (nSPS) is 16.1. The molecule has 0 radical (unpaired) electrons. The minimum atomic E-state index is -0.172. The fourth-order valence-corrected chi connectivity index (χ4v) is 3.08. The molecule has 0 atom stereocenters. The van der Waals surface area contributed by atoms with Crippen molar-refractivity contribution in [2.24, 2.45) is 5.92 Å². The lowest BCUT2D eigenvalue weighted by Crippen LogP contribution is -2.41. The zero-order valence-electron chi connectivity index (χ0n) is 13.0. The van der Waals surface area contributed by atoms with Crippen molar-refractivity contribution < 1.29 is 14.3 Å². The van der Waals surface area contributed by atoms with E-state index in [9.17, 15) is 9.59 Å². The molecule has 0 unspecified atom stereocenters. The summed E-state index contributed by atoms with van der Waals surface area (Å²) in [7, 11) is 0. The molecule has 2 rings (SSSR count). The summed E-state index contributed by atoms with van der Waals surface area (Å²) >= 11 is 12.1. The first-order valence-corrected chi connectivity index (χ1v) is 8.39. The van der Waals surface area contributed by atoms with Gasteiger partial charge in [-0.25, -0.2) is 0 Å². The smallest absolute Gasteiger partial charge is 0.309 e. The van der Waals surface area contributed by atoms with Gasteiger partial charge in [0.15, 0.2) is 0 Å². The zero-order valence-corrected chi connectivity index (χ0v) is 14.5. The van der Waals surface area contributed by atoms with Crippen molar-refractivity contribution in [1.29, 1.82) is 0 Å². The van der Waals surface area contributed by atoms with E-state index in [4.69, 9.17) is 27.9 Å². The number of nitrogens with zero attached hydrogens (tertiary/aromatic N) is 1. The van der Waals surface area contributed by atoms with Crippen LogP contribution in [0.15, 0.2) is 18.2 Å². The summed E-state index contributed by atoms with van der Waals surface area (Å²) in [6.07, 6.45) is 1.41. The highest BCUT2D eigenvalue weighted by Crippen LogP contribution is 2.29. The molecule has 0 aliphatic carbocycles. The number of amides is 1. The molecule has 23 heavy (non-hydrogen) atoms. The minimum absolute atomic E-state index is 0.0627. The number of ether oxygens (including phenoxy) is 1. The third kappa shape index (κ3) is 5.09. The van der Waals surface area contributed by atoms with Crippen LogP contribution in [0.5, 0.6) is 0 Å². The summed E-state index contributed by atoms with van der Waals surface area (Å²) in [6.45, 7) is 3.83. The number of carbonyl (C=O) groups excluding carboxylic acids is 2. The molecular formula is C16H20Cl2N2O3. The van der Waals surface area contributed by atoms with Crippen LogP contribution < -0.4 is 5.32 Å². The second kappa shape index (κ2) is 8.52. The molecule has 0 spiro atoms. The van der Waals surface area contributed by atoms with Gasteiger partial charge in [-0.1, -0.05) is 29.3 Å². The van der Waals surface area contributed by atoms with E-state index >= 15 is 0 Å². The van der Waals surface area contributed by atoms with Crippen molar-refractivity contribution in [2.75, 3.05) is 31.6 Å². The number of anilines is 1. The van der Waals surface area contributed by atoms with Crippen LogP contribution in [0.2, 0.25) is 10.0 Å². The summed E-state index contributed by atoms with van der Waals surface area (Å²) < 4.78 is 5.04. The lowest BCUT2D eigenvalue weighted by molar-refractivity contribution is -0.149. The Morgan fingerprint density at radius 2 is 1.87 bits per heavy atom. The molecular weight excluding hydrogens is 339 g/mol. The lowest BCUT2D eigenvalue weighted by Gasteiger charge is -2.30. The van der Waals surface area contributed by atoms with Gasteiger partial charge in [0.25, 0.3) is 0 Å². The summed E-state index contributed by atoms with van der Waals surface area (Å²) in [6, 6.07) is 5.07. The van der Waals surface area contributed by atoms with Crippen LogP contribution >= 0.6 is 23.2 Å². The van der Waals surface area contributed by atoms with Gasteiger partial charge in [0.1, 0.15) is 0 Å². The molecule has 7 heteroatoms. The van der Waals surface area contributed by atoms with Crippen molar-refractivity contribution in [2.45, 2.75) is 19.8 Å². The van der Waals surface area contributed by atoms with E-state index in [-0.39, 0.29) is 24.3 Å². The third-order valence-electron chi connectivity index (χ3n) is 3.80. The van der Waals surface area contributed by atoms with Gasteiger partial charge in [-0.2, -0.15) is 0 Å². The van der Waals surface area contributed by atoms with Gasteiger partial charge in [0.2, 0.25) is 5.91 Å². The van der Waals surface area contributed by atoms with Crippen molar-refractivity contribution in [3.05, 3.63) is 28.2 Å². The Labute approximate surface area is 145 Å². The molecule has 1 aliphatic rings. The average Bonchev–Trinajstić information content (AvgIpc) is 2.52. The Morgan fingerprint density at radius 1 is 1.26 bits per heavy atom. The molecule has 0 bridgehead atoms. The van der Waals surface area contributed by atoms with E-state index in [1.807, 2.05) is 4.90 Å². The van der Waals surface area contributed by atoms with Gasteiger partial charge in [-0.15, -0.1) is 0 Å². The largest absolute Gasteiger partial charge is 0.466 e. The summed E-state index contributed by atoms with van der Waals surface area (Å²) in [5.41, 5.74) is 0.433. The van der Waals surface area contributed by atoms with E-state index in [0.717, 1.165) is 0 Å². The van der Waals surface area contributed by atoms with Crippen LogP contribution in [0.1, 0.15) is 19.8 Å². The van der Waals surface area contributed by atoms with E-state index in [1.165, 1.54) is 0 Å². The monoisotopic (exact) mass is 358 g/mol. The van der Waals surface area contributed by atoms with Crippen LogP contribution in [0.25, 0.3) is 0 Å². The third-order valence-corrected chi connectivity index (χ3v) is 4.43. The predicted molar refractivity (Wildman–Crippen MR) is 90.9 cm³/mol. The van der Waals surface area contributed by atoms with Crippen LogP contribution in [-0.4, -0.2) is 43.0 Å². The molecule has 1 saturated heterocycles. The molecule has 126 valence electrons. The number of halogens is 2. The fourth-order valence-electron chi connectivity index (χ4n) is 2.59. The number of benzene rings is 1. The van der Waals surface area contributed by atoms with Gasteiger partial charge < -0.3 is 10.1 Å². The number of esters is 1. The first-order chi connectivity index (χ1) is 11.0. The van der Waals surface area contributed by atoms with Gasteiger partial charge in [0, 0.05) is 0 Å². The first-order valence-electron chi connectivity index (χ1n) is 7.64. The standard InChI is InChI=1S/C16H20Cl2N2O3/c1-2-23-16(22)11-6-8-20(9-7-11)10-14(21)19-15-12(17)4-3-5-13(15)18/h3-5,11H,2,6-10H2,1H3,(H,19,21). The Morgan fingerprint density at radius 3 is 2.43 bits per heavy atom. The van der Waals surface area contributed by atoms with E-state index in [2.05, 4.69) is 5.32 Å². The van der Waals surface area contributed by atoms with E-state index in [1.54, 1.807) is 25.1 Å². The number of likely N-dealkylation sites (tertiary alicyclic amines) is 1. The van der Waals surface area contributed by atoms with Crippen LogP contribution in [0, 0.1) is 5.92 Å². The molecule has 0 aromatic heterocycles. The quantitative estimate of drug-likeness (QED) is 0.821. The number of para-hydroxylation sites is 1. The molecule has 0 saturated carbocycles. The van der Waals surface area contributed by atoms with Gasteiger partial charge >= 0.3 is 5.97 Å². The van der Waals surface area contributed by atoms with Gasteiger partial charge in [-0.05, 0) is 45.0 Å². The fraction of sp³-hybridized carbons (Fsp3) is 0.500. The topological polar surface area (TPSA) is 58.6 Å². The van der Waals surface area contributed by atoms with Crippen LogP contribution in [-0.2, 0) is 14.3 Å². The lowest BCUT2D eigenvalue weighted by atomic mass is 9.97. The van der Waals surface area contributed by atoms with E-state index in [0.29, 0.717) is 48.3 Å². The van der Waals surface area contributed by atoms with Crippen molar-refractivity contribution in [1.82, 2.24) is 4.90 Å². The number of carbonyl (C=O) groups is 2. The maximum atomic E-state index is 12.1. The second-order valence-electron chi connectivity index (χ2n) is 5.45. The summed E-state index contributed by atoms with van der Waals surface area (Å²) in [5, 5.41) is 3.56. The zero-order chi connectivity index (χ0) is 16.8. The van der Waals surface area contributed by atoms with Crippen LogP contribution in [0.3, 0.4) is 0 Å². The Kier molecular flexibility index (Phi) is 6.69. The summed E-state index contributed by atoms with van der Waals surface area (Å²) in [5.74, 6) is -0.374. The molecule has 1 aliphatic heterocycles. The van der Waals surface area contributed by atoms with Crippen molar-refractivity contribution in [3.8, 4) is 0 Å². The second-order valence-corrected chi connectivity index (χ2v) is 6.26. The Bertz CT molecular complexity index is 552. The SMILES string of the molecule is CCOC(=O)C1CCN(CC(=O)Nc2c(Cl)cccc2Cl)CC1. The van der Waals surface area contributed by atoms with Crippen molar-refractivity contribution >= 4 is 40.8 Å².